The smallest absolute Gasteiger partial charge is 0.261 e. The lowest BCUT2D eigenvalue weighted by Crippen LogP contribution is -2.49. The van der Waals surface area contributed by atoms with Crippen LogP contribution >= 0.6 is 11.3 Å². The van der Waals surface area contributed by atoms with Gasteiger partial charge in [0, 0.05) is 13.7 Å². The van der Waals surface area contributed by atoms with Crippen molar-refractivity contribution in [3.63, 3.8) is 0 Å². The van der Waals surface area contributed by atoms with Crippen LogP contribution in [0.2, 0.25) is 0 Å². The Bertz CT molecular complexity index is 318. The van der Waals surface area contributed by atoms with E-state index in [1.165, 1.54) is 11.3 Å². The summed E-state index contributed by atoms with van der Waals surface area (Å²) in [4.78, 5) is 12.5. The molecule has 90 valence electrons. The SMILES string of the molecule is COC[C@](C)(CCO)NC(=O)c1cccs1. The summed E-state index contributed by atoms with van der Waals surface area (Å²) in [5, 5.41) is 13.7. The van der Waals surface area contributed by atoms with Crippen molar-refractivity contribution in [1.29, 1.82) is 0 Å². The zero-order valence-electron chi connectivity index (χ0n) is 9.53. The summed E-state index contributed by atoms with van der Waals surface area (Å²) >= 11 is 1.39. The van der Waals surface area contributed by atoms with Gasteiger partial charge in [-0.05, 0) is 24.8 Å². The van der Waals surface area contributed by atoms with Gasteiger partial charge >= 0.3 is 0 Å². The quantitative estimate of drug-likeness (QED) is 0.791. The van der Waals surface area contributed by atoms with Crippen LogP contribution in [0.4, 0.5) is 0 Å². The fourth-order valence-electron chi connectivity index (χ4n) is 1.48. The van der Waals surface area contributed by atoms with E-state index in [1.54, 1.807) is 13.2 Å². The van der Waals surface area contributed by atoms with Crippen molar-refractivity contribution in [3.05, 3.63) is 22.4 Å². The Balaban J connectivity index is 2.64. The van der Waals surface area contributed by atoms with Crippen LogP contribution in [0.25, 0.3) is 0 Å². The minimum atomic E-state index is -0.523. The highest BCUT2D eigenvalue weighted by Crippen LogP contribution is 2.14. The molecule has 1 heterocycles. The highest BCUT2D eigenvalue weighted by atomic mass is 32.1. The molecular weight excluding hydrogens is 226 g/mol. The van der Waals surface area contributed by atoms with E-state index in [9.17, 15) is 4.79 Å². The highest BCUT2D eigenvalue weighted by Gasteiger charge is 2.26. The Kier molecular flexibility index (Phi) is 4.92. The maximum Gasteiger partial charge on any atom is 0.261 e. The highest BCUT2D eigenvalue weighted by molar-refractivity contribution is 7.12. The van der Waals surface area contributed by atoms with E-state index in [1.807, 2.05) is 18.4 Å². The largest absolute Gasteiger partial charge is 0.396 e. The van der Waals surface area contributed by atoms with Crippen molar-refractivity contribution in [1.82, 2.24) is 5.32 Å². The molecule has 0 bridgehead atoms. The maximum absolute atomic E-state index is 11.8. The second-order valence-corrected chi connectivity index (χ2v) is 4.85. The fraction of sp³-hybridized carbons (Fsp3) is 0.545. The number of carbonyl (C=O) groups is 1. The molecule has 0 fully saturated rings. The lowest BCUT2D eigenvalue weighted by molar-refractivity contribution is 0.0729. The molecule has 1 aromatic rings. The zero-order chi connectivity index (χ0) is 12.0. The van der Waals surface area contributed by atoms with Gasteiger partial charge in [0.05, 0.1) is 17.0 Å². The lowest BCUT2D eigenvalue weighted by Gasteiger charge is -2.29. The number of hydrogen-bond donors (Lipinski definition) is 2. The molecule has 1 aromatic heterocycles. The molecule has 0 aliphatic rings. The molecule has 0 aromatic carbocycles. The summed E-state index contributed by atoms with van der Waals surface area (Å²) in [7, 11) is 1.58. The molecule has 1 amide bonds. The Morgan fingerprint density at radius 1 is 1.69 bits per heavy atom. The van der Waals surface area contributed by atoms with Gasteiger partial charge in [-0.2, -0.15) is 0 Å². The van der Waals surface area contributed by atoms with Crippen molar-refractivity contribution in [2.75, 3.05) is 20.3 Å². The molecule has 0 aliphatic heterocycles. The molecule has 0 radical (unpaired) electrons. The summed E-state index contributed by atoms with van der Waals surface area (Å²) in [6, 6.07) is 3.60. The summed E-state index contributed by atoms with van der Waals surface area (Å²) in [6.45, 7) is 2.26. The van der Waals surface area contributed by atoms with E-state index in [2.05, 4.69) is 5.32 Å². The third-order valence-corrected chi connectivity index (χ3v) is 3.16. The third-order valence-electron chi connectivity index (χ3n) is 2.29. The molecule has 0 unspecified atom stereocenters. The summed E-state index contributed by atoms with van der Waals surface area (Å²) < 4.78 is 5.06. The van der Waals surface area contributed by atoms with Gasteiger partial charge < -0.3 is 15.2 Å². The second-order valence-electron chi connectivity index (χ2n) is 3.90. The van der Waals surface area contributed by atoms with Crippen molar-refractivity contribution in [2.24, 2.45) is 0 Å². The number of aliphatic hydroxyl groups excluding tert-OH is 1. The molecule has 16 heavy (non-hydrogen) atoms. The van der Waals surface area contributed by atoms with E-state index in [-0.39, 0.29) is 12.5 Å². The molecule has 4 nitrogen and oxygen atoms in total. The third kappa shape index (κ3) is 3.59. The molecule has 2 N–H and O–H groups in total. The Hall–Kier alpha value is -0.910. The minimum absolute atomic E-state index is 0.0184. The first-order valence-electron chi connectivity index (χ1n) is 5.07. The first kappa shape index (κ1) is 13.2. The number of ether oxygens (including phenoxy) is 1. The first-order valence-corrected chi connectivity index (χ1v) is 5.95. The summed E-state index contributed by atoms with van der Waals surface area (Å²) in [5.41, 5.74) is -0.523. The molecule has 0 saturated carbocycles. The zero-order valence-corrected chi connectivity index (χ0v) is 10.3. The van der Waals surface area contributed by atoms with Crippen molar-refractivity contribution < 1.29 is 14.6 Å². The van der Waals surface area contributed by atoms with Gasteiger partial charge in [0.25, 0.3) is 5.91 Å². The minimum Gasteiger partial charge on any atom is -0.396 e. The molecule has 1 atom stereocenters. The number of hydrogen-bond acceptors (Lipinski definition) is 4. The van der Waals surface area contributed by atoms with E-state index < -0.39 is 5.54 Å². The summed E-state index contributed by atoms with van der Waals surface area (Å²) in [5.74, 6) is -0.122. The molecule has 0 aliphatic carbocycles. The maximum atomic E-state index is 11.8. The second kappa shape index (κ2) is 5.98. The van der Waals surface area contributed by atoms with Gasteiger partial charge in [0.1, 0.15) is 0 Å². The number of rotatable bonds is 6. The Morgan fingerprint density at radius 3 is 2.94 bits per heavy atom. The fourth-order valence-corrected chi connectivity index (χ4v) is 2.10. The monoisotopic (exact) mass is 243 g/mol. The predicted molar refractivity (Wildman–Crippen MR) is 63.8 cm³/mol. The predicted octanol–water partition coefficient (Wildman–Crippen LogP) is 1.27. The van der Waals surface area contributed by atoms with E-state index in [4.69, 9.17) is 9.84 Å². The average Bonchev–Trinajstić information content (AvgIpc) is 2.70. The van der Waals surface area contributed by atoms with Gasteiger partial charge in [0.2, 0.25) is 0 Å². The van der Waals surface area contributed by atoms with Crippen LogP contribution in [0.3, 0.4) is 0 Å². The Morgan fingerprint density at radius 2 is 2.44 bits per heavy atom. The van der Waals surface area contributed by atoms with Crippen LogP contribution in [-0.4, -0.2) is 36.9 Å². The van der Waals surface area contributed by atoms with Gasteiger partial charge in [-0.1, -0.05) is 6.07 Å². The van der Waals surface area contributed by atoms with Crippen LogP contribution in [0.5, 0.6) is 0 Å². The van der Waals surface area contributed by atoms with E-state index >= 15 is 0 Å². The molecule has 1 rings (SSSR count). The number of carbonyl (C=O) groups excluding carboxylic acids is 1. The number of nitrogens with one attached hydrogen (secondary N) is 1. The number of methoxy groups -OCH3 is 1. The van der Waals surface area contributed by atoms with Gasteiger partial charge in [-0.25, -0.2) is 0 Å². The lowest BCUT2D eigenvalue weighted by atomic mass is 9.99. The Labute approximate surface area is 99.2 Å². The normalized spacial score (nSPS) is 14.4. The number of amides is 1. The van der Waals surface area contributed by atoms with Crippen LogP contribution in [0.15, 0.2) is 17.5 Å². The summed E-state index contributed by atoms with van der Waals surface area (Å²) in [6.07, 6.45) is 0.470. The molecule has 0 spiro atoms. The van der Waals surface area contributed by atoms with Crippen LogP contribution in [-0.2, 0) is 4.74 Å². The molecule has 5 heteroatoms. The standard InChI is InChI=1S/C11H17NO3S/c1-11(5-6-13,8-15-2)12-10(14)9-4-3-7-16-9/h3-4,7,13H,5-6,8H2,1-2H3,(H,12,14)/t11-/m0/s1. The topological polar surface area (TPSA) is 58.6 Å². The van der Waals surface area contributed by atoms with E-state index in [0.717, 1.165) is 0 Å². The van der Waals surface area contributed by atoms with Crippen LogP contribution in [0, 0.1) is 0 Å². The van der Waals surface area contributed by atoms with Crippen molar-refractivity contribution in [3.8, 4) is 0 Å². The molecule has 0 saturated heterocycles. The van der Waals surface area contributed by atoms with Crippen LogP contribution in [0.1, 0.15) is 23.0 Å². The van der Waals surface area contributed by atoms with Crippen molar-refractivity contribution in [2.45, 2.75) is 18.9 Å². The van der Waals surface area contributed by atoms with Gasteiger partial charge in [-0.15, -0.1) is 11.3 Å². The van der Waals surface area contributed by atoms with Gasteiger partial charge in [-0.3, -0.25) is 4.79 Å². The average molecular weight is 243 g/mol. The van der Waals surface area contributed by atoms with Gasteiger partial charge in [0.15, 0.2) is 0 Å². The first-order chi connectivity index (χ1) is 7.61. The number of thiophene rings is 1. The van der Waals surface area contributed by atoms with Crippen molar-refractivity contribution >= 4 is 17.2 Å². The van der Waals surface area contributed by atoms with E-state index in [0.29, 0.717) is 17.9 Å². The van der Waals surface area contributed by atoms with Crippen LogP contribution < -0.4 is 5.32 Å². The number of aliphatic hydroxyl groups is 1. The molecular formula is C11H17NO3S.